The lowest BCUT2D eigenvalue weighted by atomic mass is 10.0. The summed E-state index contributed by atoms with van der Waals surface area (Å²) in [6.45, 7) is 2.83. The van der Waals surface area contributed by atoms with Crippen molar-refractivity contribution in [3.05, 3.63) is 33.2 Å². The Labute approximate surface area is 151 Å². The molecule has 0 aromatic carbocycles. The highest BCUT2D eigenvalue weighted by atomic mass is 16.4. The van der Waals surface area contributed by atoms with Gasteiger partial charge in [-0.25, -0.2) is 4.79 Å². The standard InChI is InChI=1S/C18H25N3O5/c1-11(18(25)26)21(9-8-19-12(2)22)17(24)14-10-13-6-4-3-5-7-15(13)20-16(14)23/h10-11H,3-9H2,1-2H3,(H,19,22)(H,20,23)(H,25,26). The number of carbonyl (C=O) groups excluding carboxylic acids is 2. The number of nitrogens with zero attached hydrogens (tertiary/aromatic N) is 1. The van der Waals surface area contributed by atoms with Crippen LogP contribution in [0.5, 0.6) is 0 Å². The van der Waals surface area contributed by atoms with Gasteiger partial charge in [-0.2, -0.15) is 0 Å². The average molecular weight is 363 g/mol. The number of aromatic amines is 1. The van der Waals surface area contributed by atoms with Crippen LogP contribution in [0.2, 0.25) is 0 Å². The number of H-pyrrole nitrogens is 1. The molecule has 1 heterocycles. The smallest absolute Gasteiger partial charge is 0.326 e. The van der Waals surface area contributed by atoms with E-state index in [9.17, 15) is 24.3 Å². The molecule has 142 valence electrons. The zero-order valence-corrected chi connectivity index (χ0v) is 15.1. The van der Waals surface area contributed by atoms with Gasteiger partial charge in [0.1, 0.15) is 11.6 Å². The van der Waals surface area contributed by atoms with Crippen LogP contribution in [0, 0.1) is 0 Å². The Hall–Kier alpha value is -2.64. The molecule has 1 unspecified atom stereocenters. The van der Waals surface area contributed by atoms with Crippen molar-refractivity contribution < 1.29 is 19.5 Å². The normalized spacial score (nSPS) is 14.7. The molecule has 1 atom stereocenters. The van der Waals surface area contributed by atoms with Gasteiger partial charge in [0, 0.05) is 25.7 Å². The van der Waals surface area contributed by atoms with Crippen molar-refractivity contribution in [3.8, 4) is 0 Å². The van der Waals surface area contributed by atoms with Crippen molar-refractivity contribution in [2.75, 3.05) is 13.1 Å². The van der Waals surface area contributed by atoms with Gasteiger partial charge in [0.15, 0.2) is 0 Å². The van der Waals surface area contributed by atoms with Gasteiger partial charge in [-0.05, 0) is 44.2 Å². The second-order valence-electron chi connectivity index (χ2n) is 6.57. The van der Waals surface area contributed by atoms with Gasteiger partial charge >= 0.3 is 5.97 Å². The molecule has 1 aliphatic rings. The summed E-state index contributed by atoms with van der Waals surface area (Å²) in [5.74, 6) is -2.09. The first-order chi connectivity index (χ1) is 12.3. The highest BCUT2D eigenvalue weighted by molar-refractivity contribution is 5.96. The summed E-state index contributed by atoms with van der Waals surface area (Å²) in [4.78, 5) is 51.6. The molecule has 3 N–H and O–H groups in total. The lowest BCUT2D eigenvalue weighted by Gasteiger charge is -2.26. The zero-order valence-electron chi connectivity index (χ0n) is 15.1. The number of hydrogen-bond acceptors (Lipinski definition) is 4. The van der Waals surface area contributed by atoms with E-state index >= 15 is 0 Å². The molecule has 0 bridgehead atoms. The van der Waals surface area contributed by atoms with E-state index < -0.39 is 23.5 Å². The molecular weight excluding hydrogens is 338 g/mol. The summed E-state index contributed by atoms with van der Waals surface area (Å²) < 4.78 is 0. The van der Waals surface area contributed by atoms with E-state index in [1.165, 1.54) is 13.8 Å². The second kappa shape index (κ2) is 8.64. The van der Waals surface area contributed by atoms with Crippen molar-refractivity contribution in [1.29, 1.82) is 0 Å². The van der Waals surface area contributed by atoms with Gasteiger partial charge in [-0.15, -0.1) is 0 Å². The molecule has 1 aromatic heterocycles. The molecule has 0 saturated heterocycles. The Bertz CT molecular complexity index is 756. The number of nitrogens with one attached hydrogen (secondary N) is 2. The third-order valence-electron chi connectivity index (χ3n) is 4.63. The first-order valence-electron chi connectivity index (χ1n) is 8.84. The van der Waals surface area contributed by atoms with Crippen LogP contribution >= 0.6 is 0 Å². The lowest BCUT2D eigenvalue weighted by molar-refractivity contribution is -0.141. The minimum absolute atomic E-state index is 0.00239. The first-order valence-corrected chi connectivity index (χ1v) is 8.84. The lowest BCUT2D eigenvalue weighted by Crippen LogP contribution is -2.48. The Morgan fingerprint density at radius 2 is 1.96 bits per heavy atom. The molecule has 0 aliphatic heterocycles. The molecular formula is C18H25N3O5. The van der Waals surface area contributed by atoms with Crippen LogP contribution < -0.4 is 10.9 Å². The molecule has 8 heteroatoms. The maximum Gasteiger partial charge on any atom is 0.326 e. The third kappa shape index (κ3) is 4.71. The summed E-state index contributed by atoms with van der Waals surface area (Å²) in [5.41, 5.74) is 1.25. The van der Waals surface area contributed by atoms with Crippen LogP contribution in [0.25, 0.3) is 0 Å². The van der Waals surface area contributed by atoms with Gasteiger partial charge in [-0.1, -0.05) is 6.42 Å². The fourth-order valence-corrected chi connectivity index (χ4v) is 3.12. The highest BCUT2D eigenvalue weighted by Crippen LogP contribution is 2.19. The van der Waals surface area contributed by atoms with Crippen molar-refractivity contribution in [2.24, 2.45) is 0 Å². The van der Waals surface area contributed by atoms with E-state index in [-0.39, 0.29) is 24.6 Å². The summed E-state index contributed by atoms with van der Waals surface area (Å²) in [6, 6.07) is 0.483. The van der Waals surface area contributed by atoms with Gasteiger partial charge in [-0.3, -0.25) is 14.4 Å². The minimum Gasteiger partial charge on any atom is -0.480 e. The van der Waals surface area contributed by atoms with E-state index in [2.05, 4.69) is 10.3 Å². The number of fused-ring (bicyclic) bond motifs is 1. The van der Waals surface area contributed by atoms with Crippen molar-refractivity contribution >= 4 is 17.8 Å². The van der Waals surface area contributed by atoms with E-state index in [1.54, 1.807) is 6.07 Å². The maximum atomic E-state index is 12.9. The molecule has 1 aromatic rings. The Kier molecular flexibility index (Phi) is 6.54. The Morgan fingerprint density at radius 3 is 2.62 bits per heavy atom. The Morgan fingerprint density at radius 1 is 1.27 bits per heavy atom. The number of carbonyl (C=O) groups is 3. The SMILES string of the molecule is CC(=O)NCCN(C(=O)c1cc2c([nH]c1=O)CCCCC2)C(C)C(=O)O. The van der Waals surface area contributed by atoms with Crippen molar-refractivity contribution in [3.63, 3.8) is 0 Å². The van der Waals surface area contributed by atoms with Crippen LogP contribution in [-0.4, -0.2) is 51.9 Å². The van der Waals surface area contributed by atoms with Crippen LogP contribution in [0.4, 0.5) is 0 Å². The molecule has 2 amide bonds. The zero-order chi connectivity index (χ0) is 19.3. The maximum absolute atomic E-state index is 12.9. The first kappa shape index (κ1) is 19.7. The monoisotopic (exact) mass is 363 g/mol. The number of rotatable bonds is 6. The molecule has 8 nitrogen and oxygen atoms in total. The molecule has 26 heavy (non-hydrogen) atoms. The molecule has 0 spiro atoms. The topological polar surface area (TPSA) is 120 Å². The van der Waals surface area contributed by atoms with Gasteiger partial charge < -0.3 is 20.3 Å². The highest BCUT2D eigenvalue weighted by Gasteiger charge is 2.28. The van der Waals surface area contributed by atoms with Gasteiger partial charge in [0.2, 0.25) is 5.91 Å². The minimum atomic E-state index is -1.17. The van der Waals surface area contributed by atoms with Crippen molar-refractivity contribution in [2.45, 2.75) is 52.0 Å². The molecule has 0 fully saturated rings. The number of aromatic nitrogens is 1. The summed E-state index contributed by atoms with van der Waals surface area (Å²) >= 11 is 0. The number of pyridine rings is 1. The summed E-state index contributed by atoms with van der Waals surface area (Å²) in [6.07, 6.45) is 4.61. The Balaban J connectivity index is 2.31. The predicted octanol–water partition coefficient (Wildman–Crippen LogP) is 0.695. The predicted molar refractivity (Wildman–Crippen MR) is 95.1 cm³/mol. The fraction of sp³-hybridized carbons (Fsp3) is 0.556. The van der Waals surface area contributed by atoms with Crippen molar-refractivity contribution in [1.82, 2.24) is 15.2 Å². The number of aliphatic carboxylic acids is 1. The van der Waals surface area contributed by atoms with Crippen LogP contribution in [-0.2, 0) is 22.4 Å². The summed E-state index contributed by atoms with van der Waals surface area (Å²) in [5, 5.41) is 11.8. The molecule has 1 aliphatic carbocycles. The van der Waals surface area contributed by atoms with Crippen LogP contribution in [0.1, 0.15) is 54.7 Å². The molecule has 0 saturated carbocycles. The second-order valence-corrected chi connectivity index (χ2v) is 6.57. The number of amides is 2. The quantitative estimate of drug-likeness (QED) is 0.643. The number of aryl methyl sites for hydroxylation is 2. The fourth-order valence-electron chi connectivity index (χ4n) is 3.12. The number of carboxylic acids is 1. The van der Waals surface area contributed by atoms with Gasteiger partial charge in [0.05, 0.1) is 0 Å². The molecule has 2 rings (SSSR count). The number of carboxylic acid groups (broad SMARTS) is 1. The van der Waals surface area contributed by atoms with E-state index in [0.29, 0.717) is 0 Å². The van der Waals surface area contributed by atoms with Gasteiger partial charge in [0.25, 0.3) is 11.5 Å². The van der Waals surface area contributed by atoms with E-state index in [4.69, 9.17) is 0 Å². The van der Waals surface area contributed by atoms with Crippen LogP contribution in [0.15, 0.2) is 10.9 Å². The largest absolute Gasteiger partial charge is 0.480 e. The summed E-state index contributed by atoms with van der Waals surface area (Å²) in [7, 11) is 0. The third-order valence-corrected chi connectivity index (χ3v) is 4.63. The van der Waals surface area contributed by atoms with E-state index in [1.807, 2.05) is 0 Å². The molecule has 0 radical (unpaired) electrons. The van der Waals surface area contributed by atoms with E-state index in [0.717, 1.165) is 48.3 Å². The average Bonchev–Trinajstić information content (AvgIpc) is 2.81. The number of hydrogen-bond donors (Lipinski definition) is 3. The van der Waals surface area contributed by atoms with Crippen LogP contribution in [0.3, 0.4) is 0 Å².